The van der Waals surface area contributed by atoms with Crippen LogP contribution >= 0.6 is 0 Å². The zero-order chi connectivity index (χ0) is 10.7. The molecule has 1 fully saturated rings. The van der Waals surface area contributed by atoms with E-state index in [9.17, 15) is 4.79 Å². The Bertz CT molecular complexity index is 322. The van der Waals surface area contributed by atoms with Crippen molar-refractivity contribution in [3.63, 3.8) is 0 Å². The molecular weight excluding hydrogens is 198 g/mol. The van der Waals surface area contributed by atoms with Crippen LogP contribution in [0, 0.1) is 0 Å². The molecule has 0 aliphatic carbocycles. The minimum absolute atomic E-state index is 0.0604. The lowest BCUT2D eigenvalue weighted by Gasteiger charge is -2.31. The van der Waals surface area contributed by atoms with Crippen molar-refractivity contribution in [2.75, 3.05) is 26.3 Å². The quantitative estimate of drug-likeness (QED) is 0.754. The van der Waals surface area contributed by atoms with E-state index < -0.39 is 0 Å². The molecular formula is C10H13NO4. The van der Waals surface area contributed by atoms with Crippen molar-refractivity contribution < 1.29 is 19.1 Å². The first-order valence-electron chi connectivity index (χ1n) is 4.85. The summed E-state index contributed by atoms with van der Waals surface area (Å²) in [4.78, 5) is 13.5. The average Bonchev–Trinajstić information content (AvgIpc) is 2.81. The summed E-state index contributed by atoms with van der Waals surface area (Å²) in [6, 6.07) is 1.63. The van der Waals surface area contributed by atoms with Crippen molar-refractivity contribution >= 4 is 5.91 Å². The molecule has 0 saturated carbocycles. The molecule has 0 aromatic carbocycles. The van der Waals surface area contributed by atoms with Gasteiger partial charge in [0.25, 0.3) is 5.91 Å². The minimum atomic E-state index is -0.269. The molecule has 82 valence electrons. The Labute approximate surface area is 87.2 Å². The normalized spacial score (nSPS) is 21.7. The van der Waals surface area contributed by atoms with E-state index in [1.54, 1.807) is 11.0 Å². The van der Waals surface area contributed by atoms with Crippen LogP contribution in [0.1, 0.15) is 10.4 Å². The maximum atomic E-state index is 11.9. The van der Waals surface area contributed by atoms with Crippen molar-refractivity contribution in [1.29, 1.82) is 0 Å². The van der Waals surface area contributed by atoms with E-state index in [1.165, 1.54) is 12.5 Å². The molecule has 1 atom stereocenters. The molecule has 2 heterocycles. The van der Waals surface area contributed by atoms with Gasteiger partial charge in [-0.05, 0) is 6.07 Å². The van der Waals surface area contributed by atoms with E-state index in [2.05, 4.69) is 0 Å². The van der Waals surface area contributed by atoms with Crippen molar-refractivity contribution in [2.24, 2.45) is 0 Å². The predicted octanol–water partition coefficient (Wildman–Crippen LogP) is 0.113. The van der Waals surface area contributed by atoms with Gasteiger partial charge < -0.3 is 19.2 Å². The number of hydrogen-bond acceptors (Lipinski definition) is 4. The Morgan fingerprint density at radius 3 is 3.20 bits per heavy atom. The number of furan rings is 1. The van der Waals surface area contributed by atoms with Crippen LogP contribution in [0.15, 0.2) is 23.0 Å². The van der Waals surface area contributed by atoms with E-state index in [1.807, 2.05) is 0 Å². The van der Waals surface area contributed by atoms with E-state index >= 15 is 0 Å². The Kier molecular flexibility index (Phi) is 3.03. The summed E-state index contributed by atoms with van der Waals surface area (Å²) in [5.74, 6) is -0.0782. The van der Waals surface area contributed by atoms with Crippen LogP contribution in [-0.4, -0.2) is 48.3 Å². The zero-order valence-electron chi connectivity index (χ0n) is 8.26. The second-order valence-corrected chi connectivity index (χ2v) is 3.44. The lowest BCUT2D eigenvalue weighted by molar-refractivity contribution is -0.0447. The highest BCUT2D eigenvalue weighted by Crippen LogP contribution is 2.10. The number of ether oxygens (including phenoxy) is 1. The van der Waals surface area contributed by atoms with Gasteiger partial charge in [0.2, 0.25) is 0 Å². The zero-order valence-corrected chi connectivity index (χ0v) is 8.26. The molecule has 1 amide bonds. The Morgan fingerprint density at radius 2 is 2.53 bits per heavy atom. The van der Waals surface area contributed by atoms with Gasteiger partial charge in [-0.15, -0.1) is 0 Å². The van der Waals surface area contributed by atoms with Crippen LogP contribution < -0.4 is 0 Å². The maximum absolute atomic E-state index is 11.9. The van der Waals surface area contributed by atoms with Crippen LogP contribution in [0.2, 0.25) is 0 Å². The van der Waals surface area contributed by atoms with Gasteiger partial charge in [0, 0.05) is 13.1 Å². The molecule has 1 aromatic rings. The third-order valence-corrected chi connectivity index (χ3v) is 2.40. The topological polar surface area (TPSA) is 62.9 Å². The fraction of sp³-hybridized carbons (Fsp3) is 0.500. The Balaban J connectivity index is 2.01. The number of carbonyl (C=O) groups is 1. The highest BCUT2D eigenvalue weighted by molar-refractivity contribution is 5.93. The standard InChI is InChI=1S/C10H13NO4/c12-6-9-5-11(2-4-15-9)10(13)8-1-3-14-7-8/h1,3,7,9,12H,2,4-6H2. The summed E-state index contributed by atoms with van der Waals surface area (Å²) in [5.41, 5.74) is 0.536. The van der Waals surface area contributed by atoms with Crippen LogP contribution in [-0.2, 0) is 4.74 Å². The summed E-state index contributed by atoms with van der Waals surface area (Å²) in [6.45, 7) is 1.39. The molecule has 0 bridgehead atoms. The molecule has 0 radical (unpaired) electrons. The second kappa shape index (κ2) is 4.46. The molecule has 2 rings (SSSR count). The van der Waals surface area contributed by atoms with Gasteiger partial charge in [-0.1, -0.05) is 0 Å². The van der Waals surface area contributed by atoms with Gasteiger partial charge in [0.1, 0.15) is 6.26 Å². The van der Waals surface area contributed by atoms with Gasteiger partial charge in [-0.25, -0.2) is 0 Å². The van der Waals surface area contributed by atoms with Crippen LogP contribution in [0.25, 0.3) is 0 Å². The van der Waals surface area contributed by atoms with Gasteiger partial charge in [0.05, 0.1) is 31.1 Å². The number of aliphatic hydroxyl groups is 1. The van der Waals surface area contributed by atoms with Crippen molar-refractivity contribution in [3.05, 3.63) is 24.2 Å². The first kappa shape index (κ1) is 10.2. The van der Waals surface area contributed by atoms with E-state index in [4.69, 9.17) is 14.3 Å². The first-order valence-corrected chi connectivity index (χ1v) is 4.85. The molecule has 5 nitrogen and oxygen atoms in total. The predicted molar refractivity (Wildman–Crippen MR) is 51.4 cm³/mol. The summed E-state index contributed by atoms with van der Waals surface area (Å²) >= 11 is 0. The summed E-state index contributed by atoms with van der Waals surface area (Å²) in [5, 5.41) is 8.94. The molecule has 1 N–H and O–H groups in total. The van der Waals surface area contributed by atoms with Gasteiger partial charge in [-0.3, -0.25) is 4.79 Å². The smallest absolute Gasteiger partial charge is 0.257 e. The van der Waals surface area contributed by atoms with E-state index in [0.717, 1.165) is 0 Å². The van der Waals surface area contributed by atoms with Crippen LogP contribution in [0.4, 0.5) is 0 Å². The largest absolute Gasteiger partial charge is 0.472 e. The lowest BCUT2D eigenvalue weighted by Crippen LogP contribution is -2.46. The molecule has 0 spiro atoms. The Morgan fingerprint density at radius 1 is 1.67 bits per heavy atom. The van der Waals surface area contributed by atoms with Gasteiger partial charge in [0.15, 0.2) is 0 Å². The van der Waals surface area contributed by atoms with Crippen LogP contribution in [0.5, 0.6) is 0 Å². The number of aliphatic hydroxyl groups excluding tert-OH is 1. The van der Waals surface area contributed by atoms with Crippen molar-refractivity contribution in [1.82, 2.24) is 4.90 Å². The number of morpholine rings is 1. The molecule has 1 aliphatic heterocycles. The highest BCUT2D eigenvalue weighted by Gasteiger charge is 2.24. The average molecular weight is 211 g/mol. The fourth-order valence-corrected chi connectivity index (χ4v) is 1.58. The highest BCUT2D eigenvalue weighted by atomic mass is 16.5. The van der Waals surface area contributed by atoms with E-state index in [0.29, 0.717) is 25.3 Å². The molecule has 1 aromatic heterocycles. The van der Waals surface area contributed by atoms with Gasteiger partial charge in [-0.2, -0.15) is 0 Å². The molecule has 1 unspecified atom stereocenters. The first-order chi connectivity index (χ1) is 7.31. The summed E-state index contributed by atoms with van der Waals surface area (Å²) in [6.07, 6.45) is 2.62. The summed E-state index contributed by atoms with van der Waals surface area (Å²) < 4.78 is 10.1. The van der Waals surface area contributed by atoms with Crippen LogP contribution in [0.3, 0.4) is 0 Å². The molecule has 1 saturated heterocycles. The fourth-order valence-electron chi connectivity index (χ4n) is 1.58. The minimum Gasteiger partial charge on any atom is -0.472 e. The number of hydrogen-bond donors (Lipinski definition) is 1. The molecule has 5 heteroatoms. The number of nitrogens with zero attached hydrogens (tertiary/aromatic N) is 1. The monoisotopic (exact) mass is 211 g/mol. The number of rotatable bonds is 2. The van der Waals surface area contributed by atoms with Crippen molar-refractivity contribution in [3.8, 4) is 0 Å². The third kappa shape index (κ3) is 2.19. The third-order valence-electron chi connectivity index (χ3n) is 2.40. The lowest BCUT2D eigenvalue weighted by atomic mass is 10.2. The maximum Gasteiger partial charge on any atom is 0.257 e. The number of carbonyl (C=O) groups excluding carboxylic acids is 1. The Hall–Kier alpha value is -1.33. The van der Waals surface area contributed by atoms with E-state index in [-0.39, 0.29) is 18.6 Å². The number of amides is 1. The van der Waals surface area contributed by atoms with Gasteiger partial charge >= 0.3 is 0 Å². The molecule has 1 aliphatic rings. The van der Waals surface area contributed by atoms with Crippen molar-refractivity contribution in [2.45, 2.75) is 6.10 Å². The second-order valence-electron chi connectivity index (χ2n) is 3.44. The SMILES string of the molecule is O=C(c1ccoc1)N1CCOC(CO)C1. The summed E-state index contributed by atoms with van der Waals surface area (Å²) in [7, 11) is 0. The molecule has 15 heavy (non-hydrogen) atoms.